The molecule has 6 heteroatoms. The fraction of sp³-hybridized carbons (Fsp3) is 0.750. The molecule has 0 aliphatic heterocycles. The molecule has 1 N–H and O–H groups in total. The lowest BCUT2D eigenvalue weighted by atomic mass is 10.0. The number of carbonyl (C=O) groups is 3. The molecule has 0 rings (SSSR count). The van der Waals surface area contributed by atoms with Gasteiger partial charge in [-0.1, -0.05) is 172 Å². The molecule has 0 aliphatic rings. The van der Waals surface area contributed by atoms with Gasteiger partial charge >= 0.3 is 11.9 Å². The van der Waals surface area contributed by atoms with Crippen molar-refractivity contribution in [1.82, 2.24) is 0 Å². The third-order valence-corrected chi connectivity index (χ3v) is 8.78. The van der Waals surface area contributed by atoms with E-state index in [4.69, 9.17) is 9.47 Å². The number of ether oxygens (including phenoxy) is 2. The number of carbonyl (C=O) groups excluding carboxylic acids is 3. The quantitative estimate of drug-likeness (QED) is 0.0230. The molecule has 0 radical (unpaired) electrons. The van der Waals surface area contributed by atoms with Gasteiger partial charge in [0.25, 0.3) is 0 Å². The van der Waals surface area contributed by atoms with Gasteiger partial charge < -0.3 is 14.6 Å². The summed E-state index contributed by atoms with van der Waals surface area (Å²) in [4.78, 5) is 35.9. The van der Waals surface area contributed by atoms with E-state index < -0.39 is 6.10 Å². The summed E-state index contributed by atoms with van der Waals surface area (Å²) in [6, 6.07) is 0. The van der Waals surface area contributed by atoms with Crippen molar-refractivity contribution in [3.05, 3.63) is 48.6 Å². The highest BCUT2D eigenvalue weighted by Gasteiger charge is 2.16. The van der Waals surface area contributed by atoms with Gasteiger partial charge in [-0.3, -0.25) is 14.4 Å². The average Bonchev–Trinajstić information content (AvgIpc) is 3.09. The second-order valence-corrected chi connectivity index (χ2v) is 14.2. The number of ketones is 1. The highest BCUT2D eigenvalue weighted by molar-refractivity contribution is 5.89. The standard InChI is InChI=1S/C44H76O6/c1-4-5-28-34-41(46)35-30-25-21-17-13-11-15-18-22-26-31-36-43(47)49-39-42(38-45)50-44(48)37-32-27-23-19-14-10-8-6-7-9-12-16-20-24-29-33-40(2)3/h11,13,18,21-22,25,30,35,40,42,45H,4-10,12,14-17,19-20,23-24,26-29,31-34,36-39H2,1-3H3/b13-11-,22-18-,25-21-,35-30+/t42-/m0/s1. The van der Waals surface area contributed by atoms with E-state index in [0.29, 0.717) is 19.3 Å². The summed E-state index contributed by atoms with van der Waals surface area (Å²) in [5.41, 5.74) is 0. The number of aliphatic hydroxyl groups is 1. The predicted octanol–water partition coefficient (Wildman–Crippen LogP) is 12.0. The maximum Gasteiger partial charge on any atom is 0.306 e. The van der Waals surface area contributed by atoms with Crippen molar-refractivity contribution in [3.8, 4) is 0 Å². The van der Waals surface area contributed by atoms with Crippen LogP contribution in [0.3, 0.4) is 0 Å². The molecule has 0 amide bonds. The molecule has 6 nitrogen and oxygen atoms in total. The lowest BCUT2D eigenvalue weighted by Gasteiger charge is -2.15. The van der Waals surface area contributed by atoms with Crippen molar-refractivity contribution in [2.24, 2.45) is 5.92 Å². The number of rotatable bonds is 36. The number of hydrogen-bond acceptors (Lipinski definition) is 6. The van der Waals surface area contributed by atoms with Crippen molar-refractivity contribution < 1.29 is 29.0 Å². The topological polar surface area (TPSA) is 89.9 Å². The highest BCUT2D eigenvalue weighted by Crippen LogP contribution is 2.15. The van der Waals surface area contributed by atoms with Crippen molar-refractivity contribution >= 4 is 17.7 Å². The Kier molecular flexibility index (Phi) is 35.9. The second kappa shape index (κ2) is 37.8. The van der Waals surface area contributed by atoms with Crippen LogP contribution >= 0.6 is 0 Å². The Morgan fingerprint density at radius 2 is 1.10 bits per heavy atom. The number of aliphatic hydroxyl groups excluding tert-OH is 1. The van der Waals surface area contributed by atoms with E-state index in [9.17, 15) is 19.5 Å². The Balaban J connectivity index is 3.67. The van der Waals surface area contributed by atoms with E-state index in [1.165, 1.54) is 83.5 Å². The van der Waals surface area contributed by atoms with Crippen molar-refractivity contribution in [3.63, 3.8) is 0 Å². The van der Waals surface area contributed by atoms with E-state index in [-0.39, 0.29) is 37.4 Å². The molecule has 0 unspecified atom stereocenters. The predicted molar refractivity (Wildman–Crippen MR) is 210 cm³/mol. The fourth-order valence-electron chi connectivity index (χ4n) is 5.63. The van der Waals surface area contributed by atoms with Gasteiger partial charge in [0.05, 0.1) is 6.61 Å². The minimum absolute atomic E-state index is 0.111. The van der Waals surface area contributed by atoms with Gasteiger partial charge in [-0.25, -0.2) is 0 Å². The Hall–Kier alpha value is -2.47. The Bertz CT molecular complexity index is 915. The number of unbranched alkanes of at least 4 members (excludes halogenated alkanes) is 17. The monoisotopic (exact) mass is 701 g/mol. The van der Waals surface area contributed by atoms with Crippen LogP contribution in [0.5, 0.6) is 0 Å². The van der Waals surface area contributed by atoms with Gasteiger partial charge in [0.15, 0.2) is 11.9 Å². The van der Waals surface area contributed by atoms with Crippen LogP contribution in [0, 0.1) is 5.92 Å². The van der Waals surface area contributed by atoms with E-state index in [0.717, 1.165) is 63.7 Å². The van der Waals surface area contributed by atoms with Crippen LogP contribution < -0.4 is 0 Å². The second-order valence-electron chi connectivity index (χ2n) is 14.2. The number of hydrogen-bond donors (Lipinski definition) is 1. The normalized spacial score (nSPS) is 12.7. The van der Waals surface area contributed by atoms with Gasteiger partial charge in [0.1, 0.15) is 6.61 Å². The minimum atomic E-state index is -0.809. The van der Waals surface area contributed by atoms with Crippen LogP contribution in [0.15, 0.2) is 48.6 Å². The summed E-state index contributed by atoms with van der Waals surface area (Å²) >= 11 is 0. The zero-order valence-corrected chi connectivity index (χ0v) is 32.6. The van der Waals surface area contributed by atoms with Gasteiger partial charge in [0, 0.05) is 19.3 Å². The molecular formula is C44H76O6. The molecule has 288 valence electrons. The SMILES string of the molecule is CCCCCC(=O)/C=C/C=C\C/C=C\C/C=C\CCCC(=O)OC[C@H](CO)OC(=O)CCCCCCCCCCCCCCCCCC(C)C. The summed E-state index contributed by atoms with van der Waals surface area (Å²) < 4.78 is 10.6. The molecule has 0 saturated carbocycles. The van der Waals surface area contributed by atoms with Crippen LogP contribution in [-0.2, 0) is 23.9 Å². The van der Waals surface area contributed by atoms with E-state index in [1.807, 2.05) is 18.2 Å². The molecule has 1 atom stereocenters. The molecule has 0 heterocycles. The molecule has 0 aromatic rings. The minimum Gasteiger partial charge on any atom is -0.462 e. The summed E-state index contributed by atoms with van der Waals surface area (Å²) in [6.07, 6.45) is 43.0. The molecule has 0 aromatic heterocycles. The van der Waals surface area contributed by atoms with E-state index >= 15 is 0 Å². The average molecular weight is 701 g/mol. The van der Waals surface area contributed by atoms with Gasteiger partial charge in [-0.15, -0.1) is 0 Å². The van der Waals surface area contributed by atoms with Gasteiger partial charge in [0.2, 0.25) is 0 Å². The van der Waals surface area contributed by atoms with Gasteiger partial charge in [-0.05, 0) is 50.5 Å². The van der Waals surface area contributed by atoms with E-state index in [2.05, 4.69) is 45.1 Å². The molecule has 0 aromatic carbocycles. The first-order valence-corrected chi connectivity index (χ1v) is 20.5. The van der Waals surface area contributed by atoms with Crippen molar-refractivity contribution in [1.29, 1.82) is 0 Å². The fourth-order valence-corrected chi connectivity index (χ4v) is 5.63. The van der Waals surface area contributed by atoms with Crippen molar-refractivity contribution in [2.75, 3.05) is 13.2 Å². The molecule has 0 spiro atoms. The zero-order chi connectivity index (χ0) is 36.8. The molecule has 0 aliphatic carbocycles. The van der Waals surface area contributed by atoms with Crippen LogP contribution in [0.4, 0.5) is 0 Å². The maximum absolute atomic E-state index is 12.2. The van der Waals surface area contributed by atoms with Crippen LogP contribution in [0.25, 0.3) is 0 Å². The Morgan fingerprint density at radius 3 is 1.68 bits per heavy atom. The summed E-state index contributed by atoms with van der Waals surface area (Å²) in [7, 11) is 0. The third kappa shape index (κ3) is 36.8. The Labute approximate surface area is 307 Å². The number of esters is 2. The van der Waals surface area contributed by atoms with Crippen LogP contribution in [0.1, 0.15) is 188 Å². The summed E-state index contributed by atoms with van der Waals surface area (Å²) in [5, 5.41) is 9.56. The summed E-state index contributed by atoms with van der Waals surface area (Å²) in [5.74, 6) is 0.346. The van der Waals surface area contributed by atoms with Crippen LogP contribution in [0.2, 0.25) is 0 Å². The van der Waals surface area contributed by atoms with Crippen LogP contribution in [-0.4, -0.2) is 42.1 Å². The smallest absolute Gasteiger partial charge is 0.306 e. The molecule has 50 heavy (non-hydrogen) atoms. The Morgan fingerprint density at radius 1 is 0.580 bits per heavy atom. The molecular weight excluding hydrogens is 624 g/mol. The highest BCUT2D eigenvalue weighted by atomic mass is 16.6. The lowest BCUT2D eigenvalue weighted by Crippen LogP contribution is -2.28. The first-order chi connectivity index (χ1) is 24.4. The maximum atomic E-state index is 12.2. The molecule has 0 fully saturated rings. The molecule has 0 bridgehead atoms. The van der Waals surface area contributed by atoms with E-state index in [1.54, 1.807) is 6.08 Å². The largest absolute Gasteiger partial charge is 0.462 e. The summed E-state index contributed by atoms with van der Waals surface area (Å²) in [6.45, 7) is 6.28. The third-order valence-electron chi connectivity index (χ3n) is 8.78. The van der Waals surface area contributed by atoms with Crippen molar-refractivity contribution in [2.45, 2.75) is 194 Å². The first-order valence-electron chi connectivity index (χ1n) is 20.5. The first kappa shape index (κ1) is 47.5. The molecule has 0 saturated heterocycles. The number of allylic oxidation sites excluding steroid dienone is 8. The zero-order valence-electron chi connectivity index (χ0n) is 32.6. The lowest BCUT2D eigenvalue weighted by molar-refractivity contribution is -0.161. The van der Waals surface area contributed by atoms with Gasteiger partial charge in [-0.2, -0.15) is 0 Å².